The molecule has 108 valence electrons. The zero-order chi connectivity index (χ0) is 14.0. The van der Waals surface area contributed by atoms with Gasteiger partial charge in [-0.3, -0.25) is 4.57 Å². The summed E-state index contributed by atoms with van der Waals surface area (Å²) in [5.74, 6) is 0.968. The molecule has 0 amide bonds. The van der Waals surface area contributed by atoms with Gasteiger partial charge < -0.3 is 9.80 Å². The molecule has 0 bridgehead atoms. The Hall–Kier alpha value is -0.880. The molecule has 0 aromatic carbocycles. The third kappa shape index (κ3) is 3.00. The predicted octanol–water partition coefficient (Wildman–Crippen LogP) is 2.44. The molecule has 0 aliphatic carbocycles. The standard InChI is InChI=1S/C13H25N5S/c1-5-17-8-6-11(7-9-17)16(4)12-14-15-13(19)18(12)10(2)3/h10-11H,5-9H2,1-4H3,(H,15,19). The number of hydrogen-bond acceptors (Lipinski definition) is 4. The number of nitrogens with one attached hydrogen (secondary N) is 1. The molecule has 2 heterocycles. The van der Waals surface area contributed by atoms with Crippen molar-refractivity contribution in [3.05, 3.63) is 4.77 Å². The van der Waals surface area contributed by atoms with Gasteiger partial charge in [-0.15, -0.1) is 5.10 Å². The van der Waals surface area contributed by atoms with Crippen LogP contribution in [0.5, 0.6) is 0 Å². The van der Waals surface area contributed by atoms with Crippen molar-refractivity contribution >= 4 is 18.2 Å². The van der Waals surface area contributed by atoms with E-state index >= 15 is 0 Å². The van der Waals surface area contributed by atoms with Crippen LogP contribution >= 0.6 is 12.2 Å². The molecule has 0 saturated carbocycles. The van der Waals surface area contributed by atoms with E-state index in [0.717, 1.165) is 12.5 Å². The molecule has 1 aromatic rings. The second kappa shape index (κ2) is 6.05. The second-order valence-electron chi connectivity index (χ2n) is 5.57. The number of anilines is 1. The van der Waals surface area contributed by atoms with Crippen molar-refractivity contribution in [3.63, 3.8) is 0 Å². The molecular weight excluding hydrogens is 258 g/mol. The Morgan fingerprint density at radius 2 is 2.05 bits per heavy atom. The van der Waals surface area contributed by atoms with Gasteiger partial charge in [0.25, 0.3) is 0 Å². The van der Waals surface area contributed by atoms with Crippen molar-refractivity contribution in [2.24, 2.45) is 0 Å². The van der Waals surface area contributed by atoms with Gasteiger partial charge in [0.2, 0.25) is 5.95 Å². The van der Waals surface area contributed by atoms with E-state index in [4.69, 9.17) is 12.2 Å². The van der Waals surface area contributed by atoms with Gasteiger partial charge in [-0.05, 0) is 45.5 Å². The lowest BCUT2D eigenvalue weighted by molar-refractivity contribution is 0.219. The maximum Gasteiger partial charge on any atom is 0.225 e. The maximum absolute atomic E-state index is 5.32. The fourth-order valence-electron chi connectivity index (χ4n) is 2.80. The predicted molar refractivity (Wildman–Crippen MR) is 81.3 cm³/mol. The average molecular weight is 283 g/mol. The Morgan fingerprint density at radius 1 is 1.42 bits per heavy atom. The van der Waals surface area contributed by atoms with E-state index in [2.05, 4.69) is 52.4 Å². The minimum Gasteiger partial charge on any atom is -0.341 e. The summed E-state index contributed by atoms with van der Waals surface area (Å²) < 4.78 is 2.81. The van der Waals surface area contributed by atoms with Crippen LogP contribution in [0.1, 0.15) is 39.7 Å². The number of rotatable bonds is 4. The molecule has 2 rings (SSSR count). The highest BCUT2D eigenvalue weighted by Gasteiger charge is 2.25. The third-order valence-electron chi connectivity index (χ3n) is 4.07. The second-order valence-corrected chi connectivity index (χ2v) is 5.96. The van der Waals surface area contributed by atoms with Crippen LogP contribution in [-0.4, -0.2) is 52.4 Å². The number of piperidine rings is 1. The lowest BCUT2D eigenvalue weighted by Crippen LogP contribution is -2.44. The average Bonchev–Trinajstić information content (AvgIpc) is 2.80. The van der Waals surface area contributed by atoms with E-state index in [1.807, 2.05) is 0 Å². The number of nitrogens with zero attached hydrogens (tertiary/aromatic N) is 4. The van der Waals surface area contributed by atoms with Crippen molar-refractivity contribution < 1.29 is 0 Å². The van der Waals surface area contributed by atoms with Crippen LogP contribution in [0.4, 0.5) is 5.95 Å². The first kappa shape index (κ1) is 14.5. The van der Waals surface area contributed by atoms with E-state index < -0.39 is 0 Å². The molecule has 0 atom stereocenters. The third-order valence-corrected chi connectivity index (χ3v) is 4.36. The minimum absolute atomic E-state index is 0.333. The largest absolute Gasteiger partial charge is 0.341 e. The first-order valence-electron chi connectivity index (χ1n) is 7.16. The van der Waals surface area contributed by atoms with Gasteiger partial charge >= 0.3 is 0 Å². The van der Waals surface area contributed by atoms with Crippen molar-refractivity contribution in [1.82, 2.24) is 19.7 Å². The molecule has 5 nitrogen and oxygen atoms in total. The highest BCUT2D eigenvalue weighted by atomic mass is 32.1. The smallest absolute Gasteiger partial charge is 0.225 e. The zero-order valence-corrected chi connectivity index (χ0v) is 13.2. The number of aromatic amines is 1. The molecule has 0 unspecified atom stereocenters. The summed E-state index contributed by atoms with van der Waals surface area (Å²) in [5, 5.41) is 7.33. The molecule has 1 N–H and O–H groups in total. The minimum atomic E-state index is 0.333. The van der Waals surface area contributed by atoms with Gasteiger partial charge in [-0.25, -0.2) is 5.10 Å². The number of aromatic nitrogens is 3. The van der Waals surface area contributed by atoms with Crippen LogP contribution in [0.15, 0.2) is 0 Å². The van der Waals surface area contributed by atoms with Crippen LogP contribution in [-0.2, 0) is 0 Å². The molecule has 0 radical (unpaired) electrons. The highest BCUT2D eigenvalue weighted by molar-refractivity contribution is 7.71. The molecule has 1 saturated heterocycles. The van der Waals surface area contributed by atoms with E-state index in [9.17, 15) is 0 Å². The topological polar surface area (TPSA) is 40.1 Å². The normalized spacial score (nSPS) is 18.2. The van der Waals surface area contributed by atoms with Crippen LogP contribution in [0.25, 0.3) is 0 Å². The summed E-state index contributed by atoms with van der Waals surface area (Å²) >= 11 is 5.32. The van der Waals surface area contributed by atoms with E-state index in [1.165, 1.54) is 25.9 Å². The summed E-state index contributed by atoms with van der Waals surface area (Å²) in [6.07, 6.45) is 2.39. The molecular formula is C13H25N5S. The Balaban J connectivity index is 2.12. The lowest BCUT2D eigenvalue weighted by atomic mass is 10.0. The number of likely N-dealkylation sites (tertiary alicyclic amines) is 1. The van der Waals surface area contributed by atoms with E-state index in [0.29, 0.717) is 16.9 Å². The Bertz CT molecular complexity index is 456. The van der Waals surface area contributed by atoms with Gasteiger partial charge in [0.15, 0.2) is 4.77 Å². The van der Waals surface area contributed by atoms with Gasteiger partial charge in [0, 0.05) is 32.2 Å². The number of hydrogen-bond donors (Lipinski definition) is 1. The van der Waals surface area contributed by atoms with Gasteiger partial charge in [0.05, 0.1) is 0 Å². The summed E-state index contributed by atoms with van der Waals surface area (Å²) in [5.41, 5.74) is 0. The van der Waals surface area contributed by atoms with E-state index in [-0.39, 0.29) is 0 Å². The van der Waals surface area contributed by atoms with Crippen LogP contribution in [0.2, 0.25) is 0 Å². The van der Waals surface area contributed by atoms with Crippen LogP contribution in [0.3, 0.4) is 0 Å². The van der Waals surface area contributed by atoms with Crippen molar-refractivity contribution in [3.8, 4) is 0 Å². The molecule has 6 heteroatoms. The van der Waals surface area contributed by atoms with Crippen molar-refractivity contribution in [2.75, 3.05) is 31.6 Å². The Labute approximate surface area is 120 Å². The maximum atomic E-state index is 5.32. The molecule has 0 spiro atoms. The number of H-pyrrole nitrogens is 1. The quantitative estimate of drug-likeness (QED) is 0.862. The molecule has 1 aliphatic rings. The monoisotopic (exact) mass is 283 g/mol. The Kier molecular flexibility index (Phi) is 4.62. The molecule has 1 fully saturated rings. The van der Waals surface area contributed by atoms with Gasteiger partial charge in [-0.1, -0.05) is 6.92 Å². The fraction of sp³-hybridized carbons (Fsp3) is 0.846. The van der Waals surface area contributed by atoms with Crippen molar-refractivity contribution in [1.29, 1.82) is 0 Å². The van der Waals surface area contributed by atoms with Gasteiger partial charge in [0.1, 0.15) is 0 Å². The first-order valence-corrected chi connectivity index (χ1v) is 7.57. The Morgan fingerprint density at radius 3 is 2.58 bits per heavy atom. The SMILES string of the molecule is CCN1CCC(N(C)c2n[nH]c(=S)n2C(C)C)CC1. The fourth-order valence-corrected chi connectivity index (χ4v) is 3.13. The highest BCUT2D eigenvalue weighted by Crippen LogP contribution is 2.23. The van der Waals surface area contributed by atoms with Crippen LogP contribution in [0, 0.1) is 4.77 Å². The molecule has 1 aromatic heterocycles. The van der Waals surface area contributed by atoms with Crippen molar-refractivity contribution in [2.45, 2.75) is 45.7 Å². The summed E-state index contributed by atoms with van der Waals surface area (Å²) in [6.45, 7) is 10.0. The zero-order valence-electron chi connectivity index (χ0n) is 12.4. The summed E-state index contributed by atoms with van der Waals surface area (Å²) in [7, 11) is 2.14. The lowest BCUT2D eigenvalue weighted by Gasteiger charge is -2.36. The first-order chi connectivity index (χ1) is 9.04. The molecule has 19 heavy (non-hydrogen) atoms. The molecule has 1 aliphatic heterocycles. The summed E-state index contributed by atoms with van der Waals surface area (Å²) in [6, 6.07) is 0.893. The summed E-state index contributed by atoms with van der Waals surface area (Å²) in [4.78, 5) is 4.79. The van der Waals surface area contributed by atoms with Gasteiger partial charge in [-0.2, -0.15) is 0 Å². The van der Waals surface area contributed by atoms with E-state index in [1.54, 1.807) is 0 Å². The van der Waals surface area contributed by atoms with Crippen LogP contribution < -0.4 is 4.90 Å².